The molecule has 0 aromatic heterocycles. The smallest absolute Gasteiger partial charge is 0.161 e. The minimum Gasteiger partial charge on any atom is -0.486 e. The predicted molar refractivity (Wildman–Crippen MR) is 88.9 cm³/mol. The Morgan fingerprint density at radius 3 is 2.32 bits per heavy atom. The normalized spacial score (nSPS) is 14.7. The van der Waals surface area contributed by atoms with E-state index in [0.717, 1.165) is 17.9 Å². The van der Waals surface area contributed by atoms with E-state index in [2.05, 4.69) is 44.2 Å². The topological polar surface area (TPSA) is 44.5 Å². The van der Waals surface area contributed by atoms with Crippen molar-refractivity contribution in [3.05, 3.63) is 58.7 Å². The van der Waals surface area contributed by atoms with Gasteiger partial charge in [-0.1, -0.05) is 24.3 Å². The Morgan fingerprint density at radius 2 is 1.59 bits per heavy atom. The Labute approximate surface area is 132 Å². The highest BCUT2D eigenvalue weighted by Crippen LogP contribution is 2.36. The summed E-state index contributed by atoms with van der Waals surface area (Å²) in [4.78, 5) is 0. The quantitative estimate of drug-likeness (QED) is 0.938. The number of aryl methyl sites for hydroxylation is 2. The summed E-state index contributed by atoms with van der Waals surface area (Å²) in [5.41, 5.74) is 11.0. The fourth-order valence-electron chi connectivity index (χ4n) is 2.95. The average molecular weight is 297 g/mol. The van der Waals surface area contributed by atoms with Gasteiger partial charge in [0.25, 0.3) is 0 Å². The van der Waals surface area contributed by atoms with E-state index in [4.69, 9.17) is 15.2 Å². The second-order valence-electron chi connectivity index (χ2n) is 5.88. The molecule has 2 N–H and O–H groups in total. The van der Waals surface area contributed by atoms with E-state index in [0.29, 0.717) is 25.7 Å². The van der Waals surface area contributed by atoms with Crippen LogP contribution in [0.4, 0.5) is 0 Å². The fourth-order valence-corrected chi connectivity index (χ4v) is 2.95. The van der Waals surface area contributed by atoms with Crippen molar-refractivity contribution in [2.75, 3.05) is 19.8 Å². The van der Waals surface area contributed by atoms with Gasteiger partial charge in [-0.25, -0.2) is 0 Å². The molecule has 1 heterocycles. The summed E-state index contributed by atoms with van der Waals surface area (Å²) >= 11 is 0. The molecule has 1 unspecified atom stereocenters. The summed E-state index contributed by atoms with van der Waals surface area (Å²) < 4.78 is 11.3. The van der Waals surface area contributed by atoms with Crippen LogP contribution in [0.1, 0.15) is 34.6 Å². The Kier molecular flexibility index (Phi) is 4.34. The third-order valence-corrected chi connectivity index (χ3v) is 4.36. The number of benzene rings is 2. The molecule has 0 radical (unpaired) electrons. The second kappa shape index (κ2) is 6.41. The van der Waals surface area contributed by atoms with Gasteiger partial charge in [-0.05, 0) is 61.2 Å². The van der Waals surface area contributed by atoms with E-state index in [1.807, 2.05) is 6.07 Å². The van der Waals surface area contributed by atoms with E-state index < -0.39 is 0 Å². The third-order valence-electron chi connectivity index (χ3n) is 4.36. The highest BCUT2D eigenvalue weighted by atomic mass is 16.6. The molecule has 1 atom stereocenters. The van der Waals surface area contributed by atoms with Gasteiger partial charge in [0.05, 0.1) is 0 Å². The third kappa shape index (κ3) is 2.95. The molecule has 1 aliphatic heterocycles. The minimum absolute atomic E-state index is 0.292. The monoisotopic (exact) mass is 297 g/mol. The fraction of sp³-hybridized carbons (Fsp3) is 0.368. The van der Waals surface area contributed by atoms with E-state index in [-0.39, 0.29) is 0 Å². The van der Waals surface area contributed by atoms with Crippen molar-refractivity contribution in [1.29, 1.82) is 0 Å². The Hall–Kier alpha value is -2.00. The van der Waals surface area contributed by atoms with Crippen molar-refractivity contribution >= 4 is 0 Å². The molecule has 0 spiro atoms. The molecule has 116 valence electrons. The van der Waals surface area contributed by atoms with Gasteiger partial charge >= 0.3 is 0 Å². The first-order valence-electron chi connectivity index (χ1n) is 7.86. The molecule has 1 aliphatic rings. The number of ether oxygens (including phenoxy) is 2. The molecule has 3 rings (SSSR count). The van der Waals surface area contributed by atoms with E-state index >= 15 is 0 Å². The van der Waals surface area contributed by atoms with Crippen LogP contribution in [-0.4, -0.2) is 19.8 Å². The van der Waals surface area contributed by atoms with Crippen molar-refractivity contribution < 1.29 is 9.47 Å². The van der Waals surface area contributed by atoms with Crippen LogP contribution < -0.4 is 15.2 Å². The number of hydrogen-bond acceptors (Lipinski definition) is 3. The Balaban J connectivity index is 1.98. The zero-order chi connectivity index (χ0) is 15.5. The van der Waals surface area contributed by atoms with Gasteiger partial charge in [0, 0.05) is 5.92 Å². The molecule has 0 saturated heterocycles. The lowest BCUT2D eigenvalue weighted by atomic mass is 9.87. The van der Waals surface area contributed by atoms with Gasteiger partial charge in [0.1, 0.15) is 13.2 Å². The summed E-state index contributed by atoms with van der Waals surface area (Å²) in [5, 5.41) is 0. The molecular formula is C19H23NO2. The van der Waals surface area contributed by atoms with E-state index in [1.165, 1.54) is 22.3 Å². The van der Waals surface area contributed by atoms with Crippen molar-refractivity contribution in [2.45, 2.75) is 26.2 Å². The van der Waals surface area contributed by atoms with Crippen LogP contribution in [0.25, 0.3) is 0 Å². The lowest BCUT2D eigenvalue weighted by Gasteiger charge is -2.23. The lowest BCUT2D eigenvalue weighted by Crippen LogP contribution is -2.16. The van der Waals surface area contributed by atoms with Crippen LogP contribution in [0.15, 0.2) is 36.4 Å². The molecule has 0 fully saturated rings. The molecule has 22 heavy (non-hydrogen) atoms. The van der Waals surface area contributed by atoms with Crippen molar-refractivity contribution in [3.8, 4) is 11.5 Å². The van der Waals surface area contributed by atoms with Gasteiger partial charge in [0.2, 0.25) is 0 Å². The van der Waals surface area contributed by atoms with Gasteiger partial charge in [-0.3, -0.25) is 0 Å². The first-order valence-corrected chi connectivity index (χ1v) is 7.86. The van der Waals surface area contributed by atoms with Crippen LogP contribution in [0.5, 0.6) is 11.5 Å². The van der Waals surface area contributed by atoms with Crippen molar-refractivity contribution in [1.82, 2.24) is 0 Å². The Morgan fingerprint density at radius 1 is 0.909 bits per heavy atom. The molecular weight excluding hydrogens is 274 g/mol. The molecule has 0 aliphatic carbocycles. The molecule has 3 heteroatoms. The summed E-state index contributed by atoms with van der Waals surface area (Å²) in [6, 6.07) is 12.9. The maximum Gasteiger partial charge on any atom is 0.161 e. The molecule has 3 nitrogen and oxygen atoms in total. The highest BCUT2D eigenvalue weighted by molar-refractivity contribution is 5.47. The predicted octanol–water partition coefficient (Wildman–Crippen LogP) is 3.56. The van der Waals surface area contributed by atoms with Crippen LogP contribution >= 0.6 is 0 Å². The maximum absolute atomic E-state index is 5.85. The van der Waals surface area contributed by atoms with Gasteiger partial charge in [-0.2, -0.15) is 0 Å². The van der Waals surface area contributed by atoms with Crippen molar-refractivity contribution in [2.24, 2.45) is 5.73 Å². The molecule has 0 amide bonds. The zero-order valence-electron chi connectivity index (χ0n) is 13.3. The SMILES string of the molecule is Cc1ccc(C(CCN)c2ccc3c(c2)OCCO3)cc1C. The molecule has 2 aromatic rings. The number of rotatable bonds is 4. The summed E-state index contributed by atoms with van der Waals surface area (Å²) in [6.45, 7) is 6.19. The van der Waals surface area contributed by atoms with Crippen molar-refractivity contribution in [3.63, 3.8) is 0 Å². The maximum atomic E-state index is 5.85. The van der Waals surface area contributed by atoms with Gasteiger partial charge < -0.3 is 15.2 Å². The van der Waals surface area contributed by atoms with Gasteiger partial charge in [-0.15, -0.1) is 0 Å². The van der Waals surface area contributed by atoms with Crippen LogP contribution in [0, 0.1) is 13.8 Å². The molecule has 0 saturated carbocycles. The second-order valence-corrected chi connectivity index (χ2v) is 5.88. The van der Waals surface area contributed by atoms with Crippen LogP contribution in [0.2, 0.25) is 0 Å². The first kappa shape index (κ1) is 14.9. The highest BCUT2D eigenvalue weighted by Gasteiger charge is 2.18. The minimum atomic E-state index is 0.292. The molecule has 0 bridgehead atoms. The Bertz CT molecular complexity index is 666. The summed E-state index contributed by atoms with van der Waals surface area (Å²) in [5.74, 6) is 1.97. The standard InChI is InChI=1S/C19H23NO2/c1-13-3-4-15(11-14(13)2)17(7-8-20)16-5-6-18-19(12-16)22-10-9-21-18/h3-6,11-12,17H,7-10,20H2,1-2H3. The first-order chi connectivity index (χ1) is 10.7. The van der Waals surface area contributed by atoms with Crippen LogP contribution in [0.3, 0.4) is 0 Å². The van der Waals surface area contributed by atoms with E-state index in [1.54, 1.807) is 0 Å². The zero-order valence-corrected chi connectivity index (χ0v) is 13.3. The largest absolute Gasteiger partial charge is 0.486 e. The summed E-state index contributed by atoms with van der Waals surface area (Å²) in [7, 11) is 0. The average Bonchev–Trinajstić information content (AvgIpc) is 2.55. The van der Waals surface area contributed by atoms with E-state index in [9.17, 15) is 0 Å². The summed E-state index contributed by atoms with van der Waals surface area (Å²) in [6.07, 6.45) is 0.919. The lowest BCUT2D eigenvalue weighted by molar-refractivity contribution is 0.171. The van der Waals surface area contributed by atoms with Crippen LogP contribution in [-0.2, 0) is 0 Å². The molecule has 2 aromatic carbocycles. The number of nitrogens with two attached hydrogens (primary N) is 1. The van der Waals surface area contributed by atoms with Gasteiger partial charge in [0.15, 0.2) is 11.5 Å². The number of hydrogen-bond donors (Lipinski definition) is 1. The number of fused-ring (bicyclic) bond motifs is 1.